The monoisotopic (exact) mass is 281 g/mol. The summed E-state index contributed by atoms with van der Waals surface area (Å²) in [4.78, 5) is 26.0. The standard InChI is InChI=1S/C15H15N5O/c16-15-19-13-11(14(21)20-15)17-12(18-13)10-6-5-8-3-1-2-4-9(8)7-10/h1-4,10H,5-7H2,(H4,16,17,18,19,20,21). The lowest BCUT2D eigenvalue weighted by Gasteiger charge is -2.22. The second-order valence-electron chi connectivity index (χ2n) is 5.48. The van der Waals surface area contributed by atoms with Crippen LogP contribution in [0.5, 0.6) is 0 Å². The summed E-state index contributed by atoms with van der Waals surface area (Å²) in [5, 5.41) is 0. The van der Waals surface area contributed by atoms with E-state index in [0.29, 0.717) is 11.2 Å². The van der Waals surface area contributed by atoms with Crippen LogP contribution >= 0.6 is 0 Å². The van der Waals surface area contributed by atoms with Crippen molar-refractivity contribution in [1.29, 1.82) is 0 Å². The zero-order valence-electron chi connectivity index (χ0n) is 11.4. The van der Waals surface area contributed by atoms with Gasteiger partial charge in [0.15, 0.2) is 11.2 Å². The summed E-state index contributed by atoms with van der Waals surface area (Å²) in [6, 6.07) is 8.48. The summed E-state index contributed by atoms with van der Waals surface area (Å²) < 4.78 is 0. The molecule has 1 aliphatic rings. The molecule has 2 aromatic heterocycles. The van der Waals surface area contributed by atoms with Crippen molar-refractivity contribution in [2.75, 3.05) is 5.73 Å². The Hall–Kier alpha value is -2.63. The lowest BCUT2D eigenvalue weighted by Crippen LogP contribution is -2.14. The topological polar surface area (TPSA) is 100 Å². The van der Waals surface area contributed by atoms with Crippen molar-refractivity contribution in [1.82, 2.24) is 19.9 Å². The van der Waals surface area contributed by atoms with Crippen LogP contribution in [-0.4, -0.2) is 19.9 Å². The van der Waals surface area contributed by atoms with Crippen molar-refractivity contribution in [3.63, 3.8) is 0 Å². The maximum atomic E-state index is 11.8. The van der Waals surface area contributed by atoms with Crippen molar-refractivity contribution >= 4 is 17.1 Å². The van der Waals surface area contributed by atoms with Gasteiger partial charge in [0.2, 0.25) is 5.95 Å². The smallest absolute Gasteiger partial charge is 0.278 e. The second kappa shape index (κ2) is 4.44. The average Bonchev–Trinajstić information content (AvgIpc) is 2.91. The highest BCUT2D eigenvalue weighted by Gasteiger charge is 2.23. The number of aromatic amines is 2. The number of hydrogen-bond acceptors (Lipinski definition) is 4. The largest absolute Gasteiger partial charge is 0.369 e. The maximum Gasteiger partial charge on any atom is 0.278 e. The van der Waals surface area contributed by atoms with Crippen molar-refractivity contribution < 1.29 is 0 Å². The summed E-state index contributed by atoms with van der Waals surface area (Å²) >= 11 is 0. The molecule has 4 rings (SSSR count). The van der Waals surface area contributed by atoms with E-state index in [0.717, 1.165) is 25.1 Å². The Balaban J connectivity index is 1.75. The number of nitrogen functional groups attached to an aromatic ring is 1. The molecular formula is C15H15N5O. The SMILES string of the molecule is Nc1nc2nc(C3CCc4ccccc4C3)[nH]c2c(=O)[nH]1. The predicted molar refractivity (Wildman–Crippen MR) is 80.1 cm³/mol. The van der Waals surface area contributed by atoms with Gasteiger partial charge in [-0.2, -0.15) is 4.98 Å². The molecule has 0 fully saturated rings. The van der Waals surface area contributed by atoms with Crippen LogP contribution in [0.1, 0.15) is 29.3 Å². The van der Waals surface area contributed by atoms with Crippen LogP contribution in [0, 0.1) is 0 Å². The van der Waals surface area contributed by atoms with Crippen molar-refractivity contribution in [2.45, 2.75) is 25.2 Å². The molecule has 0 saturated heterocycles. The predicted octanol–water partition coefficient (Wildman–Crippen LogP) is 1.50. The Bertz CT molecular complexity index is 879. The molecule has 0 radical (unpaired) electrons. The fraction of sp³-hybridized carbons (Fsp3) is 0.267. The zero-order valence-corrected chi connectivity index (χ0v) is 11.4. The van der Waals surface area contributed by atoms with E-state index in [9.17, 15) is 4.79 Å². The van der Waals surface area contributed by atoms with Crippen molar-refractivity contribution in [3.8, 4) is 0 Å². The molecule has 3 aromatic rings. The minimum Gasteiger partial charge on any atom is -0.369 e. The third-order valence-electron chi connectivity index (χ3n) is 4.13. The second-order valence-corrected chi connectivity index (χ2v) is 5.48. The molecular weight excluding hydrogens is 266 g/mol. The van der Waals surface area contributed by atoms with E-state index < -0.39 is 0 Å². The minimum atomic E-state index is -0.271. The van der Waals surface area contributed by atoms with E-state index in [1.54, 1.807) is 0 Å². The molecule has 1 aliphatic carbocycles. The van der Waals surface area contributed by atoms with Gasteiger partial charge in [0.1, 0.15) is 5.82 Å². The Kier molecular flexibility index (Phi) is 2.57. The van der Waals surface area contributed by atoms with Crippen LogP contribution in [0.4, 0.5) is 5.95 Å². The van der Waals surface area contributed by atoms with Crippen molar-refractivity contribution in [2.24, 2.45) is 0 Å². The van der Waals surface area contributed by atoms with Gasteiger partial charge in [0.05, 0.1) is 0 Å². The van der Waals surface area contributed by atoms with Crippen LogP contribution in [0.25, 0.3) is 11.2 Å². The third-order valence-corrected chi connectivity index (χ3v) is 4.13. The normalized spacial score (nSPS) is 17.8. The Labute approximate surface area is 120 Å². The number of H-pyrrole nitrogens is 2. The molecule has 0 aliphatic heterocycles. The number of rotatable bonds is 1. The van der Waals surface area contributed by atoms with Crippen LogP contribution in [0.3, 0.4) is 0 Å². The lowest BCUT2D eigenvalue weighted by molar-refractivity contribution is 0.561. The van der Waals surface area contributed by atoms with Crippen LogP contribution in [0.15, 0.2) is 29.1 Å². The molecule has 1 unspecified atom stereocenters. The van der Waals surface area contributed by atoms with Gasteiger partial charge in [-0.05, 0) is 30.4 Å². The highest BCUT2D eigenvalue weighted by atomic mass is 16.1. The molecule has 4 N–H and O–H groups in total. The summed E-state index contributed by atoms with van der Waals surface area (Å²) in [5.41, 5.74) is 8.84. The molecule has 0 bridgehead atoms. The van der Waals surface area contributed by atoms with E-state index in [4.69, 9.17) is 5.73 Å². The molecule has 0 saturated carbocycles. The van der Waals surface area contributed by atoms with Gasteiger partial charge in [-0.3, -0.25) is 9.78 Å². The average molecular weight is 281 g/mol. The van der Waals surface area contributed by atoms with Crippen molar-refractivity contribution in [3.05, 3.63) is 51.6 Å². The molecule has 0 spiro atoms. The molecule has 1 atom stereocenters. The molecule has 0 amide bonds. The summed E-state index contributed by atoms with van der Waals surface area (Å²) in [7, 11) is 0. The number of aryl methyl sites for hydroxylation is 1. The number of aromatic nitrogens is 4. The van der Waals surface area contributed by atoms with Crippen LogP contribution in [0.2, 0.25) is 0 Å². The Morgan fingerprint density at radius 3 is 2.81 bits per heavy atom. The van der Waals surface area contributed by atoms with Gasteiger partial charge in [-0.25, -0.2) is 4.98 Å². The summed E-state index contributed by atoms with van der Waals surface area (Å²) in [6.07, 6.45) is 2.98. The summed E-state index contributed by atoms with van der Waals surface area (Å²) in [5.74, 6) is 1.21. The zero-order chi connectivity index (χ0) is 14.4. The molecule has 106 valence electrons. The third kappa shape index (κ3) is 1.99. The van der Waals surface area contributed by atoms with Gasteiger partial charge in [0.25, 0.3) is 5.56 Å². The fourth-order valence-electron chi connectivity index (χ4n) is 3.07. The Morgan fingerprint density at radius 2 is 1.95 bits per heavy atom. The van der Waals surface area contributed by atoms with E-state index in [1.165, 1.54) is 11.1 Å². The lowest BCUT2D eigenvalue weighted by atomic mass is 9.83. The first-order valence-electron chi connectivity index (χ1n) is 7.03. The first-order valence-corrected chi connectivity index (χ1v) is 7.03. The first kappa shape index (κ1) is 12.1. The molecule has 21 heavy (non-hydrogen) atoms. The number of nitrogens with one attached hydrogen (secondary N) is 2. The van der Waals surface area contributed by atoms with Gasteiger partial charge >= 0.3 is 0 Å². The number of fused-ring (bicyclic) bond motifs is 2. The van der Waals surface area contributed by atoms with E-state index in [2.05, 4.69) is 44.2 Å². The molecule has 6 nitrogen and oxygen atoms in total. The van der Waals surface area contributed by atoms with Gasteiger partial charge in [-0.15, -0.1) is 0 Å². The number of benzene rings is 1. The summed E-state index contributed by atoms with van der Waals surface area (Å²) in [6.45, 7) is 0. The maximum absolute atomic E-state index is 11.8. The van der Waals surface area contributed by atoms with Crippen LogP contribution in [-0.2, 0) is 12.8 Å². The highest BCUT2D eigenvalue weighted by Crippen LogP contribution is 2.31. The van der Waals surface area contributed by atoms with E-state index in [-0.39, 0.29) is 17.4 Å². The minimum absolute atomic E-state index is 0.0968. The highest BCUT2D eigenvalue weighted by molar-refractivity contribution is 5.70. The van der Waals surface area contributed by atoms with Gasteiger partial charge in [0, 0.05) is 5.92 Å². The van der Waals surface area contributed by atoms with Crippen LogP contribution < -0.4 is 11.3 Å². The quantitative estimate of drug-likeness (QED) is 0.629. The fourth-order valence-corrected chi connectivity index (χ4v) is 3.07. The number of anilines is 1. The number of nitrogens with zero attached hydrogens (tertiary/aromatic N) is 2. The van der Waals surface area contributed by atoms with Gasteiger partial charge in [-0.1, -0.05) is 24.3 Å². The molecule has 6 heteroatoms. The number of nitrogens with two attached hydrogens (primary N) is 1. The molecule has 1 aromatic carbocycles. The van der Waals surface area contributed by atoms with E-state index >= 15 is 0 Å². The Morgan fingerprint density at radius 1 is 1.14 bits per heavy atom. The number of hydrogen-bond donors (Lipinski definition) is 3. The number of imidazole rings is 1. The molecule has 2 heterocycles. The van der Waals surface area contributed by atoms with E-state index in [1.807, 2.05) is 0 Å². The van der Waals surface area contributed by atoms with Gasteiger partial charge < -0.3 is 10.7 Å². The first-order chi connectivity index (χ1) is 10.2.